The van der Waals surface area contributed by atoms with Crippen molar-refractivity contribution >= 4 is 7.56 Å². The first-order chi connectivity index (χ1) is 1.91. The van der Waals surface area contributed by atoms with Crippen molar-refractivity contribution in [2.45, 2.75) is 0 Å². The Balaban J connectivity index is -0.0000000450. The first-order valence-electron chi connectivity index (χ1n) is 0.730. The standard InChI is InChI=1S/CBFN.Na.H/c3-2-1-4;;/q;+1;-1. The Bertz CT molecular complexity index is 45.3. The third kappa shape index (κ3) is 12.6. The topological polar surface area (TPSA) is 23.8 Å². The Hall–Kier alpha value is 0.485. The third-order valence-electron chi connectivity index (χ3n) is 0.0488. The molecule has 21 valence electrons. The van der Waals surface area contributed by atoms with Gasteiger partial charge in [-0.15, -0.1) is 0 Å². The van der Waals surface area contributed by atoms with E-state index in [1.165, 1.54) is 0 Å². The van der Waals surface area contributed by atoms with Gasteiger partial charge in [-0.05, 0) is 0 Å². The van der Waals surface area contributed by atoms with Gasteiger partial charge < -0.3 is 5.74 Å². The van der Waals surface area contributed by atoms with Crippen molar-refractivity contribution in [3.8, 4) is 5.97 Å². The molecule has 0 aromatic heterocycles. The number of hydrogen-bond donors (Lipinski definition) is 0. The van der Waals surface area contributed by atoms with Crippen LogP contribution < -0.4 is 29.6 Å². The monoisotopic (exact) mass is 80.0 g/mol. The van der Waals surface area contributed by atoms with Crippen LogP contribution in [-0.2, 0) is 0 Å². The second kappa shape index (κ2) is 8.82. The van der Waals surface area contributed by atoms with Gasteiger partial charge in [-0.25, -0.2) is 5.26 Å². The molecule has 0 aromatic carbocycles. The minimum absolute atomic E-state index is 0. The van der Waals surface area contributed by atoms with E-state index in [9.17, 15) is 4.32 Å². The van der Waals surface area contributed by atoms with Gasteiger partial charge in [0.25, 0.3) is 0 Å². The molecule has 0 saturated heterocycles. The molecule has 4 heteroatoms. The van der Waals surface area contributed by atoms with Gasteiger partial charge in [-0.1, -0.05) is 0 Å². The molecule has 0 aromatic rings. The Labute approximate surface area is 54.2 Å². The molecule has 0 N–H and O–H groups in total. The molecule has 0 amide bonds. The minimum Gasteiger partial charge on any atom is -1.00 e. The van der Waals surface area contributed by atoms with E-state index in [-0.39, 0.29) is 38.5 Å². The molecule has 0 aliphatic carbocycles. The van der Waals surface area contributed by atoms with Crippen molar-refractivity contribution in [3.63, 3.8) is 0 Å². The van der Waals surface area contributed by atoms with E-state index < -0.39 is 0 Å². The van der Waals surface area contributed by atoms with E-state index in [0.29, 0.717) is 0 Å². The Morgan fingerprint density at radius 1 is 2.00 bits per heavy atom. The van der Waals surface area contributed by atoms with E-state index in [2.05, 4.69) is 0 Å². The molecule has 0 saturated carbocycles. The largest absolute Gasteiger partial charge is 1.00 e. The van der Waals surface area contributed by atoms with Crippen LogP contribution in [-0.4, -0.2) is 7.56 Å². The average Bonchev–Trinajstić information content (AvgIpc) is 1.37. The van der Waals surface area contributed by atoms with E-state index in [1.54, 1.807) is 0 Å². The van der Waals surface area contributed by atoms with Gasteiger partial charge in [0.15, 0.2) is 0 Å². The van der Waals surface area contributed by atoms with Gasteiger partial charge in [0.2, 0.25) is 0 Å². The Morgan fingerprint density at radius 2 is 2.20 bits per heavy atom. The Kier molecular flexibility index (Phi) is 16.0. The fourth-order valence-electron chi connectivity index (χ4n) is 0. The van der Waals surface area contributed by atoms with Crippen molar-refractivity contribution in [1.29, 1.82) is 5.26 Å². The molecule has 5 heavy (non-hydrogen) atoms. The normalized spacial score (nSPS) is 3.20. The quantitative estimate of drug-likeness (QED) is 0.288. The van der Waals surface area contributed by atoms with Gasteiger partial charge >= 0.3 is 37.1 Å². The molecule has 0 aliphatic heterocycles. The van der Waals surface area contributed by atoms with Crippen LogP contribution in [0.4, 0.5) is 4.32 Å². The first kappa shape index (κ1) is 9.08. The van der Waals surface area contributed by atoms with Gasteiger partial charge in [0.1, 0.15) is 0 Å². The second-order valence-corrected chi connectivity index (χ2v) is 0.238. The summed E-state index contributed by atoms with van der Waals surface area (Å²) in [6.45, 7) is 0. The number of nitrogens with zero attached hydrogens (tertiary/aromatic N) is 1. The molecular weight excluding hydrogens is 78.8 g/mol. The molecule has 0 spiro atoms. The van der Waals surface area contributed by atoms with Crippen molar-refractivity contribution in [3.05, 3.63) is 0 Å². The smallest absolute Gasteiger partial charge is 1.00 e. The molecule has 0 rings (SSSR count). The van der Waals surface area contributed by atoms with E-state index in [1.807, 2.05) is 0 Å². The molecular formula is CHBFNNa. The molecule has 0 heterocycles. The SMILES string of the molecule is N#C[B]F.[H-].[Na+]. The maximum Gasteiger partial charge on any atom is 1.00 e. The number of hydrogen-bond acceptors (Lipinski definition) is 1. The average molecular weight is 79.8 g/mol. The summed E-state index contributed by atoms with van der Waals surface area (Å²) in [5.74, 6) is 1.14. The summed E-state index contributed by atoms with van der Waals surface area (Å²) in [6.07, 6.45) is 0. The predicted molar refractivity (Wildman–Crippen MR) is 13.6 cm³/mol. The first-order valence-corrected chi connectivity index (χ1v) is 0.730. The summed E-state index contributed by atoms with van der Waals surface area (Å²) in [6, 6.07) is 0. The molecule has 0 unspecified atom stereocenters. The van der Waals surface area contributed by atoms with Crippen LogP contribution in [0.3, 0.4) is 0 Å². The van der Waals surface area contributed by atoms with Gasteiger partial charge in [-0.2, -0.15) is 0 Å². The molecule has 0 atom stereocenters. The number of nitriles is 1. The third-order valence-corrected chi connectivity index (χ3v) is 0.0488. The fraction of sp³-hybridized carbons (Fsp3) is 0. The zero-order valence-electron chi connectivity index (χ0n) is 3.90. The summed E-state index contributed by atoms with van der Waals surface area (Å²) < 4.78 is 10.2. The van der Waals surface area contributed by atoms with E-state index >= 15 is 0 Å². The summed E-state index contributed by atoms with van der Waals surface area (Å²) >= 11 is 0. The van der Waals surface area contributed by atoms with Crippen molar-refractivity contribution in [1.82, 2.24) is 0 Å². The molecule has 1 nitrogen and oxygen atoms in total. The van der Waals surface area contributed by atoms with Crippen LogP contribution >= 0.6 is 0 Å². The molecule has 0 fully saturated rings. The second-order valence-electron chi connectivity index (χ2n) is 0.238. The fourth-order valence-corrected chi connectivity index (χ4v) is 0. The summed E-state index contributed by atoms with van der Waals surface area (Å²) in [4.78, 5) is 0. The van der Waals surface area contributed by atoms with Gasteiger partial charge in [0.05, 0.1) is 0 Å². The predicted octanol–water partition coefficient (Wildman–Crippen LogP) is -2.83. The number of halogens is 1. The van der Waals surface area contributed by atoms with Crippen molar-refractivity contribution in [2.75, 3.05) is 0 Å². The van der Waals surface area contributed by atoms with Crippen molar-refractivity contribution in [2.24, 2.45) is 0 Å². The van der Waals surface area contributed by atoms with Gasteiger partial charge in [0, 0.05) is 5.97 Å². The molecule has 0 aliphatic rings. The summed E-state index contributed by atoms with van der Waals surface area (Å²) in [7, 11) is -0.0694. The van der Waals surface area contributed by atoms with E-state index in [0.717, 1.165) is 5.97 Å². The summed E-state index contributed by atoms with van der Waals surface area (Å²) in [5.41, 5.74) is 0. The van der Waals surface area contributed by atoms with Crippen LogP contribution in [0.25, 0.3) is 0 Å². The maximum atomic E-state index is 10.2. The zero-order valence-corrected chi connectivity index (χ0v) is 4.90. The number of rotatable bonds is 0. The maximum absolute atomic E-state index is 10.2. The van der Waals surface area contributed by atoms with Crippen LogP contribution in [0, 0.1) is 11.2 Å². The molecule has 0 bridgehead atoms. The van der Waals surface area contributed by atoms with Crippen LogP contribution in [0.5, 0.6) is 0 Å². The van der Waals surface area contributed by atoms with E-state index in [4.69, 9.17) is 5.26 Å². The Morgan fingerprint density at radius 3 is 2.20 bits per heavy atom. The molecule has 1 radical (unpaired) electrons. The minimum atomic E-state index is -0.0694. The van der Waals surface area contributed by atoms with Crippen molar-refractivity contribution < 1.29 is 35.3 Å². The van der Waals surface area contributed by atoms with Gasteiger partial charge in [-0.3, -0.25) is 0 Å². The van der Waals surface area contributed by atoms with Crippen LogP contribution in [0.1, 0.15) is 1.43 Å². The zero-order chi connectivity index (χ0) is 3.41. The van der Waals surface area contributed by atoms with Crippen LogP contribution in [0.15, 0.2) is 0 Å². The van der Waals surface area contributed by atoms with Crippen LogP contribution in [0.2, 0.25) is 0 Å². The summed E-state index contributed by atoms with van der Waals surface area (Å²) in [5, 5.41) is 7.19.